The van der Waals surface area contributed by atoms with Gasteiger partial charge >= 0.3 is 6.09 Å². The molecule has 0 bridgehead atoms. The molecule has 158 valence electrons. The summed E-state index contributed by atoms with van der Waals surface area (Å²) >= 11 is 0. The fourth-order valence-corrected chi connectivity index (χ4v) is 3.33. The van der Waals surface area contributed by atoms with E-state index in [2.05, 4.69) is 48.8 Å². The van der Waals surface area contributed by atoms with Crippen LogP contribution in [0, 0.1) is 6.92 Å². The minimum absolute atomic E-state index is 0.132. The molecule has 0 saturated heterocycles. The van der Waals surface area contributed by atoms with Crippen LogP contribution in [0.4, 0.5) is 16.3 Å². The van der Waals surface area contributed by atoms with Crippen molar-refractivity contribution in [3.05, 3.63) is 78.5 Å². The third-order valence-corrected chi connectivity index (χ3v) is 4.70. The Morgan fingerprint density at radius 1 is 0.968 bits per heavy atom. The first-order chi connectivity index (χ1) is 14.8. The van der Waals surface area contributed by atoms with Crippen molar-refractivity contribution in [1.82, 2.24) is 9.38 Å². The van der Waals surface area contributed by atoms with Crippen LogP contribution in [-0.2, 0) is 0 Å². The molecule has 6 nitrogen and oxygen atoms in total. The summed E-state index contributed by atoms with van der Waals surface area (Å²) in [6.45, 7) is 8.41. The molecule has 1 amide bonds. The zero-order chi connectivity index (χ0) is 22.0. The number of pyridine rings is 1. The van der Waals surface area contributed by atoms with Crippen molar-refractivity contribution >= 4 is 23.2 Å². The topological polar surface area (TPSA) is 67.7 Å². The number of para-hydroxylation sites is 1. The molecule has 31 heavy (non-hydrogen) atoms. The normalized spacial score (nSPS) is 11.4. The predicted octanol–water partition coefficient (Wildman–Crippen LogP) is 6.13. The molecule has 4 aromatic rings. The Bertz CT molecular complexity index is 1210. The van der Waals surface area contributed by atoms with Crippen molar-refractivity contribution in [2.24, 2.45) is 0 Å². The van der Waals surface area contributed by atoms with E-state index in [1.54, 1.807) is 24.3 Å². The van der Waals surface area contributed by atoms with E-state index in [-0.39, 0.29) is 5.54 Å². The highest BCUT2D eigenvalue weighted by molar-refractivity contribution is 5.86. The molecule has 2 aromatic heterocycles. The van der Waals surface area contributed by atoms with Crippen molar-refractivity contribution < 1.29 is 9.53 Å². The van der Waals surface area contributed by atoms with Crippen molar-refractivity contribution in [2.75, 3.05) is 10.6 Å². The van der Waals surface area contributed by atoms with Crippen LogP contribution in [0.1, 0.15) is 26.3 Å². The number of imidazole rings is 1. The Kier molecular flexibility index (Phi) is 5.38. The molecule has 0 aliphatic heterocycles. The van der Waals surface area contributed by atoms with Crippen molar-refractivity contribution in [2.45, 2.75) is 33.2 Å². The largest absolute Gasteiger partial charge is 0.417 e. The summed E-state index contributed by atoms with van der Waals surface area (Å²) in [7, 11) is 0. The molecular formula is C25H26N4O2. The van der Waals surface area contributed by atoms with Crippen molar-refractivity contribution in [3.8, 4) is 17.0 Å². The standard InChI is InChI=1S/C25H26N4O2/c1-17-9-8-16-29-22(17)27-21(23(29)28-25(2,3)4)18-12-14-20(15-13-18)31-24(30)26-19-10-6-5-7-11-19/h5-16,28H,1-4H3,(H,26,30). The van der Waals surface area contributed by atoms with E-state index in [9.17, 15) is 4.79 Å². The molecule has 0 spiro atoms. The lowest BCUT2D eigenvalue weighted by Gasteiger charge is -2.22. The van der Waals surface area contributed by atoms with Crippen LogP contribution in [-0.4, -0.2) is 21.0 Å². The molecule has 2 aromatic carbocycles. The molecule has 0 fully saturated rings. The predicted molar refractivity (Wildman–Crippen MR) is 125 cm³/mol. The third kappa shape index (κ3) is 4.69. The maximum absolute atomic E-state index is 12.1. The molecule has 4 rings (SSSR count). The summed E-state index contributed by atoms with van der Waals surface area (Å²) in [5.41, 5.74) is 4.35. The molecule has 6 heteroatoms. The highest BCUT2D eigenvalue weighted by atomic mass is 16.6. The Labute approximate surface area is 181 Å². The quantitative estimate of drug-likeness (QED) is 0.421. The number of carbonyl (C=O) groups is 1. The number of benzene rings is 2. The minimum Gasteiger partial charge on any atom is -0.410 e. The fraction of sp³-hybridized carbons (Fsp3) is 0.200. The zero-order valence-corrected chi connectivity index (χ0v) is 18.1. The first-order valence-electron chi connectivity index (χ1n) is 10.2. The van der Waals surface area contributed by atoms with Crippen LogP contribution in [0.15, 0.2) is 72.9 Å². The van der Waals surface area contributed by atoms with Crippen LogP contribution >= 0.6 is 0 Å². The third-order valence-electron chi connectivity index (χ3n) is 4.70. The molecule has 0 saturated carbocycles. The molecule has 0 radical (unpaired) electrons. The highest BCUT2D eigenvalue weighted by Crippen LogP contribution is 2.32. The Hall–Kier alpha value is -3.80. The number of hydrogen-bond donors (Lipinski definition) is 2. The van der Waals surface area contributed by atoms with E-state index in [1.807, 2.05) is 42.6 Å². The number of rotatable bonds is 4. The smallest absolute Gasteiger partial charge is 0.410 e. The summed E-state index contributed by atoms with van der Waals surface area (Å²) in [5, 5.41) is 6.29. The lowest BCUT2D eigenvalue weighted by atomic mass is 10.1. The van der Waals surface area contributed by atoms with Crippen LogP contribution in [0.5, 0.6) is 5.75 Å². The van der Waals surface area contributed by atoms with Gasteiger partial charge in [-0.1, -0.05) is 24.3 Å². The first kappa shape index (κ1) is 20.5. The van der Waals surface area contributed by atoms with E-state index in [0.717, 1.165) is 28.3 Å². The summed E-state index contributed by atoms with van der Waals surface area (Å²) in [5.74, 6) is 1.39. The Morgan fingerprint density at radius 2 is 1.68 bits per heavy atom. The number of nitrogens with one attached hydrogen (secondary N) is 2. The van der Waals surface area contributed by atoms with Crippen LogP contribution < -0.4 is 15.4 Å². The van der Waals surface area contributed by atoms with Gasteiger partial charge in [-0.05, 0) is 75.7 Å². The number of carbonyl (C=O) groups excluding carboxylic acids is 1. The summed E-state index contributed by atoms with van der Waals surface area (Å²) in [4.78, 5) is 17.0. The van der Waals surface area contributed by atoms with Gasteiger partial charge in [0.2, 0.25) is 0 Å². The van der Waals surface area contributed by atoms with Gasteiger partial charge in [-0.15, -0.1) is 0 Å². The molecule has 2 heterocycles. The molecule has 0 atom stereocenters. The van der Waals surface area contributed by atoms with E-state index in [0.29, 0.717) is 11.4 Å². The SMILES string of the molecule is Cc1cccn2c(NC(C)(C)C)c(-c3ccc(OC(=O)Nc4ccccc4)cc3)nc12. The average Bonchev–Trinajstić information content (AvgIpc) is 3.07. The van der Waals surface area contributed by atoms with Gasteiger partial charge in [-0.3, -0.25) is 9.72 Å². The van der Waals surface area contributed by atoms with Crippen molar-refractivity contribution in [3.63, 3.8) is 0 Å². The first-order valence-corrected chi connectivity index (χ1v) is 10.2. The summed E-state index contributed by atoms with van der Waals surface area (Å²) < 4.78 is 7.48. The summed E-state index contributed by atoms with van der Waals surface area (Å²) in [6.07, 6.45) is 1.48. The Morgan fingerprint density at radius 3 is 2.35 bits per heavy atom. The minimum atomic E-state index is -0.530. The molecule has 0 aliphatic rings. The highest BCUT2D eigenvalue weighted by Gasteiger charge is 2.20. The van der Waals surface area contributed by atoms with E-state index >= 15 is 0 Å². The lowest BCUT2D eigenvalue weighted by molar-refractivity contribution is 0.215. The number of amides is 1. The lowest BCUT2D eigenvalue weighted by Crippen LogP contribution is -2.27. The van der Waals surface area contributed by atoms with Gasteiger partial charge in [0.05, 0.1) is 0 Å². The van der Waals surface area contributed by atoms with Crippen LogP contribution in [0.3, 0.4) is 0 Å². The molecule has 2 N–H and O–H groups in total. The monoisotopic (exact) mass is 414 g/mol. The van der Waals surface area contributed by atoms with Crippen molar-refractivity contribution in [1.29, 1.82) is 0 Å². The number of aromatic nitrogens is 2. The van der Waals surface area contributed by atoms with Gasteiger partial charge in [-0.2, -0.15) is 0 Å². The van der Waals surface area contributed by atoms with Gasteiger partial charge in [-0.25, -0.2) is 9.78 Å². The van der Waals surface area contributed by atoms with E-state index in [1.165, 1.54) is 0 Å². The second-order valence-corrected chi connectivity index (χ2v) is 8.47. The number of fused-ring (bicyclic) bond motifs is 1. The fourth-order valence-electron chi connectivity index (χ4n) is 3.33. The van der Waals surface area contributed by atoms with E-state index < -0.39 is 6.09 Å². The number of hydrogen-bond acceptors (Lipinski definition) is 4. The number of ether oxygens (including phenoxy) is 1. The maximum Gasteiger partial charge on any atom is 0.417 e. The number of anilines is 2. The molecule has 0 aliphatic carbocycles. The van der Waals surface area contributed by atoms with Gasteiger partial charge in [0, 0.05) is 23.0 Å². The second-order valence-electron chi connectivity index (χ2n) is 8.47. The van der Waals surface area contributed by atoms with E-state index in [4.69, 9.17) is 9.72 Å². The van der Waals surface area contributed by atoms with Crippen LogP contribution in [0.25, 0.3) is 16.9 Å². The van der Waals surface area contributed by atoms with Crippen LogP contribution in [0.2, 0.25) is 0 Å². The van der Waals surface area contributed by atoms with Gasteiger partial charge in [0.1, 0.15) is 22.9 Å². The molecule has 0 unspecified atom stereocenters. The number of aryl methyl sites for hydroxylation is 1. The Balaban J connectivity index is 1.61. The maximum atomic E-state index is 12.1. The van der Waals surface area contributed by atoms with Gasteiger partial charge in [0.25, 0.3) is 0 Å². The number of nitrogens with zero attached hydrogens (tertiary/aromatic N) is 2. The second kappa shape index (κ2) is 8.14. The molecular weight excluding hydrogens is 388 g/mol. The van der Waals surface area contributed by atoms with Gasteiger partial charge < -0.3 is 10.1 Å². The van der Waals surface area contributed by atoms with Gasteiger partial charge in [0.15, 0.2) is 0 Å². The zero-order valence-electron chi connectivity index (χ0n) is 18.1. The summed E-state index contributed by atoms with van der Waals surface area (Å²) in [6, 6.07) is 20.6. The average molecular weight is 415 g/mol.